The molecule has 13 heavy (non-hydrogen) atoms. The van der Waals surface area contributed by atoms with Crippen molar-refractivity contribution in [2.75, 3.05) is 0 Å². The summed E-state index contributed by atoms with van der Waals surface area (Å²) in [7, 11) is 0. The Hall–Kier alpha value is -1.49. The van der Waals surface area contributed by atoms with Gasteiger partial charge in [-0.15, -0.1) is 0 Å². The number of benzene rings is 1. The molecule has 2 N–H and O–H groups in total. The molecular weight excluding hydrogens is 180 g/mol. The lowest BCUT2D eigenvalue weighted by atomic mass is 10.1. The molecule has 5 heteroatoms. The van der Waals surface area contributed by atoms with Crippen LogP contribution in [0.5, 0.6) is 0 Å². The summed E-state index contributed by atoms with van der Waals surface area (Å²) in [4.78, 5) is 10.6. The fourth-order valence-electron chi connectivity index (χ4n) is 0.901. The SMILES string of the molecule is O=C(Cc1c(F)cccc1F)NO. The van der Waals surface area contributed by atoms with Gasteiger partial charge in [0.15, 0.2) is 0 Å². The first kappa shape index (κ1) is 9.60. The van der Waals surface area contributed by atoms with Crippen LogP contribution in [0.1, 0.15) is 5.56 Å². The number of carbonyl (C=O) groups excluding carboxylic acids is 1. The van der Waals surface area contributed by atoms with E-state index in [-0.39, 0.29) is 5.56 Å². The summed E-state index contributed by atoms with van der Waals surface area (Å²) in [6, 6.07) is 3.29. The smallest absolute Gasteiger partial charge is 0.247 e. The van der Waals surface area contributed by atoms with E-state index in [2.05, 4.69) is 0 Å². The summed E-state index contributed by atoms with van der Waals surface area (Å²) in [6.45, 7) is 0. The molecule has 0 fully saturated rings. The first-order chi connectivity index (χ1) is 6.15. The highest BCUT2D eigenvalue weighted by Gasteiger charge is 2.11. The van der Waals surface area contributed by atoms with E-state index in [0.29, 0.717) is 0 Å². The van der Waals surface area contributed by atoms with Crippen LogP contribution in [0.2, 0.25) is 0 Å². The van der Waals surface area contributed by atoms with Gasteiger partial charge in [-0.1, -0.05) is 6.07 Å². The van der Waals surface area contributed by atoms with Gasteiger partial charge >= 0.3 is 0 Å². The van der Waals surface area contributed by atoms with E-state index in [1.807, 2.05) is 0 Å². The Balaban J connectivity index is 2.93. The Morgan fingerprint density at radius 1 is 1.38 bits per heavy atom. The number of carbonyl (C=O) groups is 1. The van der Waals surface area contributed by atoms with Crippen molar-refractivity contribution >= 4 is 5.91 Å². The number of nitrogens with one attached hydrogen (secondary N) is 1. The minimum atomic E-state index is -0.857. The van der Waals surface area contributed by atoms with Crippen LogP contribution >= 0.6 is 0 Å². The molecule has 0 aromatic heterocycles. The number of hydrogen-bond acceptors (Lipinski definition) is 2. The first-order valence-corrected chi connectivity index (χ1v) is 3.51. The Kier molecular flexibility index (Phi) is 2.92. The van der Waals surface area contributed by atoms with E-state index in [4.69, 9.17) is 5.21 Å². The van der Waals surface area contributed by atoms with Gasteiger partial charge < -0.3 is 0 Å². The number of hydroxylamine groups is 1. The van der Waals surface area contributed by atoms with Gasteiger partial charge in [-0.05, 0) is 12.1 Å². The van der Waals surface area contributed by atoms with Crippen LogP contribution in [0.25, 0.3) is 0 Å². The Bertz CT molecular complexity index is 308. The molecule has 3 nitrogen and oxygen atoms in total. The monoisotopic (exact) mass is 187 g/mol. The summed E-state index contributed by atoms with van der Waals surface area (Å²) < 4.78 is 25.7. The largest absolute Gasteiger partial charge is 0.289 e. The second-order valence-corrected chi connectivity index (χ2v) is 2.41. The molecule has 1 aromatic carbocycles. The maximum absolute atomic E-state index is 12.8. The van der Waals surface area contributed by atoms with Gasteiger partial charge in [0.2, 0.25) is 5.91 Å². The third-order valence-corrected chi connectivity index (χ3v) is 1.52. The quantitative estimate of drug-likeness (QED) is 0.536. The summed E-state index contributed by atoms with van der Waals surface area (Å²) in [5.74, 6) is -2.46. The molecule has 0 saturated carbocycles. The fraction of sp³-hybridized carbons (Fsp3) is 0.125. The summed E-state index contributed by atoms with van der Waals surface area (Å²) in [5, 5.41) is 8.13. The number of rotatable bonds is 2. The maximum Gasteiger partial charge on any atom is 0.247 e. The second kappa shape index (κ2) is 3.95. The molecule has 0 saturated heterocycles. The number of hydrogen-bond donors (Lipinski definition) is 2. The lowest BCUT2D eigenvalue weighted by Gasteiger charge is -2.02. The molecule has 70 valence electrons. The molecule has 1 rings (SSSR count). The van der Waals surface area contributed by atoms with Crippen LogP contribution in [0.4, 0.5) is 8.78 Å². The molecule has 0 aliphatic carbocycles. The summed E-state index contributed by atoms with van der Waals surface area (Å²) in [6.07, 6.45) is -0.519. The lowest BCUT2D eigenvalue weighted by molar-refractivity contribution is -0.128. The van der Waals surface area contributed by atoms with E-state index in [9.17, 15) is 13.6 Å². The predicted octanol–water partition coefficient (Wildman–Crippen LogP) is 1.01. The minimum absolute atomic E-state index is 0.353. The summed E-state index contributed by atoms with van der Waals surface area (Å²) in [5.41, 5.74) is 0.943. The van der Waals surface area contributed by atoms with Gasteiger partial charge in [0, 0.05) is 5.56 Å². The van der Waals surface area contributed by atoms with Crippen molar-refractivity contribution in [2.24, 2.45) is 0 Å². The molecule has 0 aliphatic heterocycles. The van der Waals surface area contributed by atoms with Crippen LogP contribution in [0.15, 0.2) is 18.2 Å². The second-order valence-electron chi connectivity index (χ2n) is 2.41. The Morgan fingerprint density at radius 2 is 1.92 bits per heavy atom. The van der Waals surface area contributed by atoms with Crippen LogP contribution in [-0.4, -0.2) is 11.1 Å². The molecule has 0 aliphatic rings. The molecule has 1 aromatic rings. The van der Waals surface area contributed by atoms with E-state index in [0.717, 1.165) is 12.1 Å². The van der Waals surface area contributed by atoms with E-state index >= 15 is 0 Å². The lowest BCUT2D eigenvalue weighted by Crippen LogP contribution is -2.21. The zero-order valence-electron chi connectivity index (χ0n) is 6.55. The highest BCUT2D eigenvalue weighted by Crippen LogP contribution is 2.12. The normalized spacial score (nSPS) is 9.77. The van der Waals surface area contributed by atoms with Gasteiger partial charge in [-0.3, -0.25) is 10.0 Å². The van der Waals surface area contributed by atoms with Gasteiger partial charge in [0.1, 0.15) is 11.6 Å². The molecule has 0 bridgehead atoms. The predicted molar refractivity (Wildman–Crippen MR) is 40.0 cm³/mol. The van der Waals surface area contributed by atoms with Crippen molar-refractivity contribution < 1.29 is 18.8 Å². The topological polar surface area (TPSA) is 49.3 Å². The number of halogens is 2. The third-order valence-electron chi connectivity index (χ3n) is 1.52. The molecule has 0 heterocycles. The molecule has 0 spiro atoms. The van der Waals surface area contributed by atoms with E-state index in [1.54, 1.807) is 0 Å². The van der Waals surface area contributed by atoms with Crippen molar-refractivity contribution in [2.45, 2.75) is 6.42 Å². The first-order valence-electron chi connectivity index (χ1n) is 3.51. The molecule has 1 amide bonds. The zero-order valence-corrected chi connectivity index (χ0v) is 6.55. The Morgan fingerprint density at radius 3 is 2.38 bits per heavy atom. The van der Waals surface area contributed by atoms with Crippen LogP contribution in [0.3, 0.4) is 0 Å². The van der Waals surface area contributed by atoms with E-state index in [1.165, 1.54) is 11.5 Å². The summed E-state index contributed by atoms with van der Waals surface area (Å²) >= 11 is 0. The third kappa shape index (κ3) is 2.22. The van der Waals surface area contributed by atoms with Crippen molar-refractivity contribution in [1.29, 1.82) is 0 Å². The number of amides is 1. The fourth-order valence-corrected chi connectivity index (χ4v) is 0.901. The van der Waals surface area contributed by atoms with Crippen molar-refractivity contribution in [3.05, 3.63) is 35.4 Å². The Labute approximate surface area is 73.0 Å². The highest BCUT2D eigenvalue weighted by atomic mass is 19.1. The standard InChI is InChI=1S/C8H7F2NO2/c9-6-2-1-3-7(10)5(6)4-8(12)11-13/h1-3,13H,4H2,(H,11,12). The zero-order chi connectivity index (χ0) is 9.84. The van der Waals surface area contributed by atoms with Gasteiger partial charge in [0.25, 0.3) is 0 Å². The van der Waals surface area contributed by atoms with Crippen LogP contribution in [-0.2, 0) is 11.2 Å². The highest BCUT2D eigenvalue weighted by molar-refractivity contribution is 5.77. The molecule has 0 atom stereocenters. The van der Waals surface area contributed by atoms with Crippen molar-refractivity contribution in [3.8, 4) is 0 Å². The average Bonchev–Trinajstić information content (AvgIpc) is 2.11. The van der Waals surface area contributed by atoms with Crippen molar-refractivity contribution in [3.63, 3.8) is 0 Å². The van der Waals surface area contributed by atoms with Crippen LogP contribution < -0.4 is 5.48 Å². The minimum Gasteiger partial charge on any atom is -0.289 e. The molecule has 0 radical (unpaired) electrons. The van der Waals surface area contributed by atoms with Crippen molar-refractivity contribution in [1.82, 2.24) is 5.48 Å². The molecular formula is C8H7F2NO2. The van der Waals surface area contributed by atoms with Gasteiger partial charge in [0.05, 0.1) is 6.42 Å². The maximum atomic E-state index is 12.8. The van der Waals surface area contributed by atoms with Gasteiger partial charge in [-0.25, -0.2) is 14.3 Å². The van der Waals surface area contributed by atoms with E-state index < -0.39 is 24.0 Å². The van der Waals surface area contributed by atoms with Crippen LogP contribution in [0, 0.1) is 11.6 Å². The average molecular weight is 187 g/mol. The molecule has 0 unspecified atom stereocenters. The van der Waals surface area contributed by atoms with Gasteiger partial charge in [-0.2, -0.15) is 0 Å².